The zero-order valence-corrected chi connectivity index (χ0v) is 16.8. The number of aromatic nitrogens is 1. The average molecular weight is 400 g/mol. The summed E-state index contributed by atoms with van der Waals surface area (Å²) in [5, 5.41) is 0. The molecule has 5 rings (SSSR count). The van der Waals surface area contributed by atoms with Crippen LogP contribution in [0, 0.1) is 5.92 Å². The van der Waals surface area contributed by atoms with E-state index in [2.05, 4.69) is 29.2 Å². The highest BCUT2D eigenvalue weighted by Crippen LogP contribution is 2.36. The number of ether oxygens (including phenoxy) is 2. The maximum Gasteiger partial charge on any atom is 0.231 e. The first-order valence-corrected chi connectivity index (χ1v) is 10.4. The third kappa shape index (κ3) is 3.75. The molecule has 1 aliphatic heterocycles. The lowest BCUT2D eigenvalue weighted by Gasteiger charge is -2.30. The molecule has 1 atom stereocenters. The Bertz CT molecular complexity index is 1050. The van der Waals surface area contributed by atoms with Crippen LogP contribution in [-0.2, 0) is 30.7 Å². The van der Waals surface area contributed by atoms with Gasteiger partial charge in [-0.15, -0.1) is 0 Å². The number of hydrogen-bond acceptors (Lipinski definition) is 4. The van der Waals surface area contributed by atoms with E-state index in [4.69, 9.17) is 9.47 Å². The Balaban J connectivity index is 1.41. The number of fused-ring (bicyclic) bond motifs is 2. The van der Waals surface area contributed by atoms with E-state index in [1.165, 1.54) is 11.1 Å². The van der Waals surface area contributed by atoms with Gasteiger partial charge in [-0.05, 0) is 48.6 Å². The number of carbonyl (C=O) groups excluding carboxylic acids is 1. The van der Waals surface area contributed by atoms with Crippen molar-refractivity contribution in [2.45, 2.75) is 32.4 Å². The summed E-state index contributed by atoms with van der Waals surface area (Å²) in [5.41, 5.74) is 4.50. The Labute approximate surface area is 176 Å². The molecule has 3 aromatic rings. The van der Waals surface area contributed by atoms with E-state index in [1.807, 2.05) is 41.3 Å². The van der Waals surface area contributed by atoms with Gasteiger partial charge in [-0.3, -0.25) is 9.78 Å². The van der Waals surface area contributed by atoms with Crippen molar-refractivity contribution in [3.8, 4) is 11.5 Å². The highest BCUT2D eigenvalue weighted by atomic mass is 16.7. The number of pyridine rings is 1. The van der Waals surface area contributed by atoms with Crippen LogP contribution < -0.4 is 9.47 Å². The third-order valence-corrected chi connectivity index (χ3v) is 5.93. The Morgan fingerprint density at radius 3 is 2.70 bits per heavy atom. The van der Waals surface area contributed by atoms with Crippen molar-refractivity contribution in [1.29, 1.82) is 0 Å². The number of nitrogens with zero attached hydrogens (tertiary/aromatic N) is 2. The number of carbonyl (C=O) groups is 1. The molecule has 152 valence electrons. The minimum atomic E-state index is -0.0162. The van der Waals surface area contributed by atoms with Crippen LogP contribution in [0.5, 0.6) is 11.5 Å². The fraction of sp³-hybridized carbons (Fsp3) is 0.280. The standard InChI is InChI=1S/C25H24N2O3/c28-25(20-12-11-18-6-1-2-7-19(18)14-20)27(16-22-9-3-4-13-26-22)15-21-8-5-10-23-24(21)30-17-29-23/h1-10,13,20H,11-12,14-17H2/t20-/m0/s1. The van der Waals surface area contributed by atoms with Crippen LogP contribution in [0.3, 0.4) is 0 Å². The molecule has 30 heavy (non-hydrogen) atoms. The number of benzene rings is 2. The van der Waals surface area contributed by atoms with Crippen molar-refractivity contribution >= 4 is 5.91 Å². The second kappa shape index (κ2) is 8.19. The van der Waals surface area contributed by atoms with Gasteiger partial charge in [-0.25, -0.2) is 0 Å². The van der Waals surface area contributed by atoms with Crippen LogP contribution in [0.4, 0.5) is 0 Å². The molecule has 0 saturated carbocycles. The van der Waals surface area contributed by atoms with Crippen molar-refractivity contribution in [2.75, 3.05) is 6.79 Å². The first-order valence-electron chi connectivity index (χ1n) is 10.4. The van der Waals surface area contributed by atoms with Crippen molar-refractivity contribution in [3.63, 3.8) is 0 Å². The van der Waals surface area contributed by atoms with Crippen LogP contribution >= 0.6 is 0 Å². The lowest BCUT2D eigenvalue weighted by atomic mass is 9.83. The van der Waals surface area contributed by atoms with E-state index >= 15 is 0 Å². The third-order valence-electron chi connectivity index (χ3n) is 5.93. The molecule has 1 aromatic heterocycles. The van der Waals surface area contributed by atoms with Crippen LogP contribution in [-0.4, -0.2) is 22.6 Å². The molecule has 0 spiro atoms. The number of amides is 1. The lowest BCUT2D eigenvalue weighted by Crippen LogP contribution is -2.38. The molecular weight excluding hydrogens is 376 g/mol. The summed E-state index contributed by atoms with van der Waals surface area (Å²) < 4.78 is 11.2. The van der Waals surface area contributed by atoms with Gasteiger partial charge in [0.05, 0.1) is 12.2 Å². The second-order valence-electron chi connectivity index (χ2n) is 7.87. The first-order chi connectivity index (χ1) is 14.8. The number of rotatable bonds is 5. The predicted octanol–water partition coefficient (Wildman–Crippen LogP) is 4.14. The summed E-state index contributed by atoms with van der Waals surface area (Å²) in [6.07, 6.45) is 4.38. The fourth-order valence-corrected chi connectivity index (χ4v) is 4.39. The normalized spacial score (nSPS) is 16.7. The van der Waals surface area contributed by atoms with Crippen molar-refractivity contribution in [3.05, 3.63) is 89.2 Å². The van der Waals surface area contributed by atoms with Gasteiger partial charge < -0.3 is 14.4 Å². The Kier molecular flexibility index (Phi) is 5.10. The summed E-state index contributed by atoms with van der Waals surface area (Å²) in [6.45, 7) is 1.17. The molecule has 1 amide bonds. The molecule has 0 unspecified atom stereocenters. The molecule has 0 saturated heterocycles. The van der Waals surface area contributed by atoms with E-state index in [-0.39, 0.29) is 18.6 Å². The van der Waals surface area contributed by atoms with Gasteiger partial charge in [0.15, 0.2) is 11.5 Å². The maximum atomic E-state index is 13.6. The quantitative estimate of drug-likeness (QED) is 0.646. The SMILES string of the molecule is O=C([C@H]1CCc2ccccc2C1)N(Cc1ccccn1)Cc1cccc2c1OCO2. The van der Waals surface area contributed by atoms with Gasteiger partial charge in [0.2, 0.25) is 12.7 Å². The van der Waals surface area contributed by atoms with E-state index in [0.29, 0.717) is 13.1 Å². The van der Waals surface area contributed by atoms with Crippen molar-refractivity contribution < 1.29 is 14.3 Å². The maximum absolute atomic E-state index is 13.6. The Morgan fingerprint density at radius 2 is 1.83 bits per heavy atom. The van der Waals surface area contributed by atoms with Crippen molar-refractivity contribution in [1.82, 2.24) is 9.88 Å². The van der Waals surface area contributed by atoms with Crippen LogP contribution in [0.2, 0.25) is 0 Å². The predicted molar refractivity (Wildman–Crippen MR) is 113 cm³/mol. The van der Waals surface area contributed by atoms with Gasteiger partial charge in [0.1, 0.15) is 0 Å². The minimum Gasteiger partial charge on any atom is -0.454 e. The Hall–Kier alpha value is -3.34. The molecular formula is C25H24N2O3. The molecule has 0 bridgehead atoms. The average Bonchev–Trinajstić information content (AvgIpc) is 3.28. The first kappa shape index (κ1) is 18.7. The second-order valence-corrected chi connectivity index (χ2v) is 7.87. The van der Waals surface area contributed by atoms with Crippen molar-refractivity contribution in [2.24, 2.45) is 5.92 Å². The largest absolute Gasteiger partial charge is 0.454 e. The topological polar surface area (TPSA) is 51.7 Å². The molecule has 1 aliphatic carbocycles. The minimum absolute atomic E-state index is 0.0162. The summed E-state index contributed by atoms with van der Waals surface area (Å²) >= 11 is 0. The monoisotopic (exact) mass is 400 g/mol. The number of para-hydroxylation sites is 1. The van der Waals surface area contributed by atoms with Gasteiger partial charge >= 0.3 is 0 Å². The summed E-state index contributed by atoms with van der Waals surface area (Å²) in [6, 6.07) is 20.1. The number of aryl methyl sites for hydroxylation is 1. The zero-order chi connectivity index (χ0) is 20.3. The zero-order valence-electron chi connectivity index (χ0n) is 16.8. The molecule has 0 fully saturated rings. The van der Waals surface area contributed by atoms with E-state index in [9.17, 15) is 4.79 Å². The van der Waals surface area contributed by atoms with E-state index in [0.717, 1.165) is 42.0 Å². The Morgan fingerprint density at radius 1 is 0.967 bits per heavy atom. The summed E-state index contributed by atoms with van der Waals surface area (Å²) in [4.78, 5) is 20.0. The number of hydrogen-bond donors (Lipinski definition) is 0. The van der Waals surface area contributed by atoms with E-state index < -0.39 is 0 Å². The highest BCUT2D eigenvalue weighted by molar-refractivity contribution is 5.79. The molecule has 2 aliphatic rings. The summed E-state index contributed by atoms with van der Waals surface area (Å²) in [7, 11) is 0. The van der Waals surface area contributed by atoms with Crippen LogP contribution in [0.25, 0.3) is 0 Å². The van der Waals surface area contributed by atoms with Gasteiger partial charge in [-0.1, -0.05) is 42.5 Å². The van der Waals surface area contributed by atoms with Crippen LogP contribution in [0.15, 0.2) is 66.9 Å². The molecule has 0 N–H and O–H groups in total. The molecule has 0 radical (unpaired) electrons. The van der Waals surface area contributed by atoms with Gasteiger partial charge in [0, 0.05) is 24.2 Å². The van der Waals surface area contributed by atoms with Gasteiger partial charge in [0.25, 0.3) is 0 Å². The molecule has 5 nitrogen and oxygen atoms in total. The molecule has 2 aromatic carbocycles. The highest BCUT2D eigenvalue weighted by Gasteiger charge is 2.30. The molecule has 2 heterocycles. The van der Waals surface area contributed by atoms with E-state index in [1.54, 1.807) is 6.20 Å². The smallest absolute Gasteiger partial charge is 0.231 e. The van der Waals surface area contributed by atoms with Gasteiger partial charge in [-0.2, -0.15) is 0 Å². The van der Waals surface area contributed by atoms with Crippen LogP contribution in [0.1, 0.15) is 28.8 Å². The summed E-state index contributed by atoms with van der Waals surface area (Å²) in [5.74, 6) is 1.64. The molecule has 5 heteroatoms. The fourth-order valence-electron chi connectivity index (χ4n) is 4.39. The lowest BCUT2D eigenvalue weighted by molar-refractivity contribution is -0.137.